The Morgan fingerprint density at radius 1 is 1.05 bits per heavy atom. The SMILES string of the molecule is O=C(Cc1ccc(F)c(F)c1)Nc1cccc(CCl)c1. The standard InChI is InChI=1S/C15H12ClF2NO/c16-9-11-2-1-3-12(6-11)19-15(20)8-10-4-5-13(17)14(18)7-10/h1-7H,8-9H2,(H,19,20). The molecule has 0 aliphatic rings. The minimum absolute atomic E-state index is 0.0255. The monoisotopic (exact) mass is 295 g/mol. The van der Waals surface area contributed by atoms with Crippen LogP contribution < -0.4 is 5.32 Å². The molecule has 2 aromatic rings. The third-order valence-electron chi connectivity index (χ3n) is 2.71. The summed E-state index contributed by atoms with van der Waals surface area (Å²) in [5, 5.41) is 2.69. The van der Waals surface area contributed by atoms with Crippen LogP contribution in [0.5, 0.6) is 0 Å². The summed E-state index contributed by atoms with van der Waals surface area (Å²) in [5.41, 5.74) is 1.92. The number of nitrogens with one attached hydrogen (secondary N) is 1. The van der Waals surface area contributed by atoms with Gasteiger partial charge in [0.2, 0.25) is 5.91 Å². The predicted octanol–water partition coefficient (Wildman–Crippen LogP) is 3.88. The van der Waals surface area contributed by atoms with Gasteiger partial charge in [-0.05, 0) is 35.4 Å². The van der Waals surface area contributed by atoms with Gasteiger partial charge in [0.1, 0.15) is 0 Å². The molecule has 0 aliphatic carbocycles. The molecule has 1 N–H and O–H groups in total. The van der Waals surface area contributed by atoms with Crippen molar-refractivity contribution in [3.05, 3.63) is 65.2 Å². The Labute approximate surface area is 120 Å². The summed E-state index contributed by atoms with van der Waals surface area (Å²) >= 11 is 5.71. The van der Waals surface area contributed by atoms with Crippen LogP contribution in [0.4, 0.5) is 14.5 Å². The largest absolute Gasteiger partial charge is 0.326 e. The predicted molar refractivity (Wildman–Crippen MR) is 74.7 cm³/mol. The van der Waals surface area contributed by atoms with E-state index in [1.54, 1.807) is 18.2 Å². The zero-order valence-corrected chi connectivity index (χ0v) is 11.3. The molecule has 0 atom stereocenters. The summed E-state index contributed by atoms with van der Waals surface area (Å²) in [7, 11) is 0. The van der Waals surface area contributed by atoms with E-state index in [0.29, 0.717) is 17.1 Å². The van der Waals surface area contributed by atoms with Gasteiger partial charge in [-0.25, -0.2) is 8.78 Å². The van der Waals surface area contributed by atoms with E-state index >= 15 is 0 Å². The lowest BCUT2D eigenvalue weighted by Gasteiger charge is -2.07. The number of hydrogen-bond acceptors (Lipinski definition) is 1. The van der Waals surface area contributed by atoms with Crippen molar-refractivity contribution < 1.29 is 13.6 Å². The van der Waals surface area contributed by atoms with Gasteiger partial charge in [-0.1, -0.05) is 18.2 Å². The van der Waals surface area contributed by atoms with E-state index in [1.165, 1.54) is 6.07 Å². The molecule has 0 bridgehead atoms. The van der Waals surface area contributed by atoms with Crippen molar-refractivity contribution in [1.82, 2.24) is 0 Å². The van der Waals surface area contributed by atoms with Crippen LogP contribution >= 0.6 is 11.6 Å². The van der Waals surface area contributed by atoms with Crippen molar-refractivity contribution in [2.45, 2.75) is 12.3 Å². The average molecular weight is 296 g/mol. The van der Waals surface area contributed by atoms with Crippen LogP contribution in [0.25, 0.3) is 0 Å². The van der Waals surface area contributed by atoms with Gasteiger partial charge in [0, 0.05) is 11.6 Å². The molecule has 0 aliphatic heterocycles. The van der Waals surface area contributed by atoms with Crippen molar-refractivity contribution in [2.75, 3.05) is 5.32 Å². The van der Waals surface area contributed by atoms with Gasteiger partial charge in [0.15, 0.2) is 11.6 Å². The van der Waals surface area contributed by atoms with Crippen molar-refractivity contribution in [2.24, 2.45) is 0 Å². The molecule has 2 aromatic carbocycles. The molecule has 5 heteroatoms. The number of carbonyl (C=O) groups excluding carboxylic acids is 1. The molecule has 2 rings (SSSR count). The molecule has 0 fully saturated rings. The van der Waals surface area contributed by atoms with Crippen LogP contribution in [0, 0.1) is 11.6 Å². The second-order valence-corrected chi connectivity index (χ2v) is 4.57. The first-order valence-electron chi connectivity index (χ1n) is 5.97. The van der Waals surface area contributed by atoms with Crippen molar-refractivity contribution in [3.8, 4) is 0 Å². The highest BCUT2D eigenvalue weighted by molar-refractivity contribution is 6.17. The smallest absolute Gasteiger partial charge is 0.228 e. The maximum absolute atomic E-state index is 13.0. The van der Waals surface area contributed by atoms with E-state index in [1.807, 2.05) is 6.07 Å². The molecule has 20 heavy (non-hydrogen) atoms. The first-order chi connectivity index (χ1) is 9.58. The lowest BCUT2D eigenvalue weighted by Crippen LogP contribution is -2.14. The first kappa shape index (κ1) is 14.5. The lowest BCUT2D eigenvalue weighted by molar-refractivity contribution is -0.115. The van der Waals surface area contributed by atoms with E-state index in [-0.39, 0.29) is 12.3 Å². The van der Waals surface area contributed by atoms with Crippen molar-refractivity contribution in [1.29, 1.82) is 0 Å². The molecular formula is C15H12ClF2NO. The number of rotatable bonds is 4. The summed E-state index contributed by atoms with van der Waals surface area (Å²) < 4.78 is 25.8. The van der Waals surface area contributed by atoms with Gasteiger partial charge < -0.3 is 5.32 Å². The third kappa shape index (κ3) is 3.78. The molecule has 2 nitrogen and oxygen atoms in total. The van der Waals surface area contributed by atoms with Crippen LogP contribution in [0.3, 0.4) is 0 Å². The molecule has 1 amide bonds. The Hall–Kier alpha value is -1.94. The van der Waals surface area contributed by atoms with Gasteiger partial charge in [0.25, 0.3) is 0 Å². The highest BCUT2D eigenvalue weighted by Crippen LogP contribution is 2.14. The highest BCUT2D eigenvalue weighted by atomic mass is 35.5. The molecule has 104 valence electrons. The Balaban J connectivity index is 2.03. The van der Waals surface area contributed by atoms with E-state index in [0.717, 1.165) is 17.7 Å². The zero-order chi connectivity index (χ0) is 14.5. The molecule has 0 saturated heterocycles. The Morgan fingerprint density at radius 2 is 1.85 bits per heavy atom. The van der Waals surface area contributed by atoms with Crippen LogP contribution in [0.15, 0.2) is 42.5 Å². The van der Waals surface area contributed by atoms with E-state index in [4.69, 9.17) is 11.6 Å². The fourth-order valence-corrected chi connectivity index (χ4v) is 1.94. The number of carbonyl (C=O) groups is 1. The van der Waals surface area contributed by atoms with E-state index in [9.17, 15) is 13.6 Å². The highest BCUT2D eigenvalue weighted by Gasteiger charge is 2.08. The van der Waals surface area contributed by atoms with E-state index in [2.05, 4.69) is 5.32 Å². The minimum atomic E-state index is -0.959. The van der Waals surface area contributed by atoms with Crippen LogP contribution in [-0.4, -0.2) is 5.91 Å². The quantitative estimate of drug-likeness (QED) is 0.852. The molecule has 0 spiro atoms. The molecule has 0 unspecified atom stereocenters. The number of alkyl halides is 1. The summed E-state index contributed by atoms with van der Waals surface area (Å²) in [6, 6.07) is 10.5. The topological polar surface area (TPSA) is 29.1 Å². The minimum Gasteiger partial charge on any atom is -0.326 e. The van der Waals surface area contributed by atoms with Gasteiger partial charge in [-0.15, -0.1) is 11.6 Å². The number of amides is 1. The second-order valence-electron chi connectivity index (χ2n) is 4.31. The van der Waals surface area contributed by atoms with Crippen molar-refractivity contribution >= 4 is 23.2 Å². The van der Waals surface area contributed by atoms with Crippen LogP contribution in [0.2, 0.25) is 0 Å². The van der Waals surface area contributed by atoms with Crippen LogP contribution in [0.1, 0.15) is 11.1 Å². The van der Waals surface area contributed by atoms with Gasteiger partial charge in [0.05, 0.1) is 6.42 Å². The Bertz CT molecular complexity index is 631. The molecule has 0 saturated carbocycles. The molecule has 0 radical (unpaired) electrons. The maximum Gasteiger partial charge on any atom is 0.228 e. The van der Waals surface area contributed by atoms with Crippen LogP contribution in [-0.2, 0) is 17.1 Å². The second kappa shape index (κ2) is 6.48. The van der Waals surface area contributed by atoms with E-state index < -0.39 is 11.6 Å². The summed E-state index contributed by atoms with van der Waals surface area (Å²) in [4.78, 5) is 11.8. The lowest BCUT2D eigenvalue weighted by atomic mass is 10.1. The summed E-state index contributed by atoms with van der Waals surface area (Å²) in [5.74, 6) is -1.83. The number of halogens is 3. The number of anilines is 1. The Morgan fingerprint density at radius 3 is 2.55 bits per heavy atom. The number of hydrogen-bond donors (Lipinski definition) is 1. The van der Waals surface area contributed by atoms with Gasteiger partial charge in [-0.2, -0.15) is 0 Å². The molecule has 0 heterocycles. The number of benzene rings is 2. The normalized spacial score (nSPS) is 10.3. The maximum atomic E-state index is 13.0. The Kier molecular flexibility index (Phi) is 4.69. The average Bonchev–Trinajstić information content (AvgIpc) is 2.43. The first-order valence-corrected chi connectivity index (χ1v) is 6.50. The molecular weight excluding hydrogens is 284 g/mol. The molecule has 0 aromatic heterocycles. The zero-order valence-electron chi connectivity index (χ0n) is 10.5. The van der Waals surface area contributed by atoms with Gasteiger partial charge >= 0.3 is 0 Å². The summed E-state index contributed by atoms with van der Waals surface area (Å²) in [6.45, 7) is 0. The van der Waals surface area contributed by atoms with Crippen molar-refractivity contribution in [3.63, 3.8) is 0 Å². The van der Waals surface area contributed by atoms with Gasteiger partial charge in [-0.3, -0.25) is 4.79 Å². The fourth-order valence-electron chi connectivity index (χ4n) is 1.77. The summed E-state index contributed by atoms with van der Waals surface area (Å²) in [6.07, 6.45) is -0.0255. The third-order valence-corrected chi connectivity index (χ3v) is 3.02. The fraction of sp³-hybridized carbons (Fsp3) is 0.133.